The molecule has 0 saturated heterocycles. The first kappa shape index (κ1) is 28.7. The number of hydrogen-bond donors (Lipinski definition) is 0. The molecule has 0 amide bonds. The Morgan fingerprint density at radius 3 is 1.48 bits per heavy atom. The molecule has 0 fully saturated rings. The maximum atomic E-state index is 10.7. The van der Waals surface area contributed by atoms with E-state index in [1.165, 1.54) is 70.6 Å². The molecule has 0 aromatic heterocycles. The summed E-state index contributed by atoms with van der Waals surface area (Å²) in [5.74, 6) is 0.204. The molecule has 0 aliphatic heterocycles. The van der Waals surface area contributed by atoms with Gasteiger partial charge < -0.3 is 4.55 Å². The molecule has 4 nitrogen and oxygen atoms in total. The zero-order valence-corrected chi connectivity index (χ0v) is 20.9. The second-order valence-corrected chi connectivity index (χ2v) is 8.08. The quantitative estimate of drug-likeness (QED) is 0.153. The standard InChI is InChI=1S/C19H40O4S.K/c1-3-5-7-9-10-11-12-13-15-17-19(16-14-8-6-4-2)18-23-24(20,21)22;/h19H,3-18H2,1-2H3,(H,20,21,22);/q;+1/p-1. The van der Waals surface area contributed by atoms with Crippen molar-refractivity contribution >= 4 is 10.4 Å². The van der Waals surface area contributed by atoms with Crippen LogP contribution in [-0.2, 0) is 14.6 Å². The third-order valence-corrected chi connectivity index (χ3v) is 5.05. The van der Waals surface area contributed by atoms with Crippen LogP contribution in [0.15, 0.2) is 0 Å². The Balaban J connectivity index is 0. The Morgan fingerprint density at radius 2 is 1.08 bits per heavy atom. The summed E-state index contributed by atoms with van der Waals surface area (Å²) in [6.07, 6.45) is 18.2. The first-order valence-electron chi connectivity index (χ1n) is 10.1. The van der Waals surface area contributed by atoms with Gasteiger partial charge in [0.15, 0.2) is 0 Å². The van der Waals surface area contributed by atoms with Gasteiger partial charge in [-0.3, -0.25) is 4.18 Å². The van der Waals surface area contributed by atoms with Gasteiger partial charge in [-0.1, -0.05) is 97.3 Å². The van der Waals surface area contributed by atoms with E-state index in [1.807, 2.05) is 0 Å². The Hall–Kier alpha value is 1.51. The van der Waals surface area contributed by atoms with E-state index in [1.54, 1.807) is 0 Å². The van der Waals surface area contributed by atoms with Gasteiger partial charge in [0.1, 0.15) is 0 Å². The van der Waals surface area contributed by atoms with Gasteiger partial charge in [-0.25, -0.2) is 8.42 Å². The fraction of sp³-hybridized carbons (Fsp3) is 1.00. The molecule has 0 aliphatic carbocycles. The summed E-state index contributed by atoms with van der Waals surface area (Å²) in [6.45, 7) is 4.47. The smallest absolute Gasteiger partial charge is 0.726 e. The van der Waals surface area contributed by atoms with Crippen LogP contribution < -0.4 is 51.4 Å². The maximum absolute atomic E-state index is 10.7. The van der Waals surface area contributed by atoms with E-state index in [-0.39, 0.29) is 63.9 Å². The molecule has 0 aliphatic rings. The summed E-state index contributed by atoms with van der Waals surface area (Å²) in [4.78, 5) is 0. The van der Waals surface area contributed by atoms with Crippen molar-refractivity contribution in [1.82, 2.24) is 0 Å². The van der Waals surface area contributed by atoms with Gasteiger partial charge >= 0.3 is 51.4 Å². The molecule has 0 spiro atoms. The molecule has 0 saturated carbocycles. The Kier molecular flexibility index (Phi) is 23.3. The van der Waals surface area contributed by atoms with Crippen molar-refractivity contribution in [3.05, 3.63) is 0 Å². The van der Waals surface area contributed by atoms with Gasteiger partial charge in [0, 0.05) is 0 Å². The zero-order valence-electron chi connectivity index (χ0n) is 16.9. The van der Waals surface area contributed by atoms with Gasteiger partial charge in [0.25, 0.3) is 0 Å². The molecule has 1 unspecified atom stereocenters. The van der Waals surface area contributed by atoms with Crippen LogP contribution in [0, 0.1) is 5.92 Å². The molecule has 146 valence electrons. The Morgan fingerprint density at radius 1 is 0.720 bits per heavy atom. The number of hydrogen-bond acceptors (Lipinski definition) is 4. The van der Waals surface area contributed by atoms with Crippen molar-refractivity contribution < 1.29 is 68.5 Å². The minimum Gasteiger partial charge on any atom is -0.726 e. The predicted octanol–water partition coefficient (Wildman–Crippen LogP) is 2.97. The van der Waals surface area contributed by atoms with Gasteiger partial charge in [-0.05, 0) is 18.8 Å². The van der Waals surface area contributed by atoms with Crippen molar-refractivity contribution in [1.29, 1.82) is 0 Å². The van der Waals surface area contributed by atoms with Crippen LogP contribution in [0.25, 0.3) is 0 Å². The summed E-state index contributed by atoms with van der Waals surface area (Å²) < 4.78 is 36.5. The topological polar surface area (TPSA) is 66.4 Å². The summed E-state index contributed by atoms with van der Waals surface area (Å²) in [5, 5.41) is 0. The van der Waals surface area contributed by atoms with E-state index in [2.05, 4.69) is 18.0 Å². The molecular formula is C19H39KO4S. The summed E-state index contributed by atoms with van der Waals surface area (Å²) in [5.41, 5.74) is 0. The first-order valence-corrected chi connectivity index (χ1v) is 11.4. The SMILES string of the molecule is CCCCCCCCCCCC(CCCCCC)COS(=O)(=O)[O-].[K+]. The largest absolute Gasteiger partial charge is 1.00 e. The van der Waals surface area contributed by atoms with Crippen LogP contribution in [0.5, 0.6) is 0 Å². The van der Waals surface area contributed by atoms with E-state index in [9.17, 15) is 13.0 Å². The molecule has 0 N–H and O–H groups in total. The van der Waals surface area contributed by atoms with Gasteiger partial charge in [-0.2, -0.15) is 0 Å². The second kappa shape index (κ2) is 20.2. The van der Waals surface area contributed by atoms with E-state index in [0.717, 1.165) is 25.7 Å². The molecule has 0 heterocycles. The minimum atomic E-state index is -4.55. The number of unbranched alkanes of at least 4 members (excludes halogenated alkanes) is 11. The van der Waals surface area contributed by atoms with Crippen molar-refractivity contribution in [2.24, 2.45) is 5.92 Å². The van der Waals surface area contributed by atoms with E-state index in [0.29, 0.717) is 0 Å². The fourth-order valence-electron chi connectivity index (χ4n) is 3.09. The Labute approximate surface area is 199 Å². The van der Waals surface area contributed by atoms with Crippen LogP contribution in [0.3, 0.4) is 0 Å². The van der Waals surface area contributed by atoms with E-state index >= 15 is 0 Å². The monoisotopic (exact) mass is 402 g/mol. The maximum Gasteiger partial charge on any atom is 1.00 e. The summed E-state index contributed by atoms with van der Waals surface area (Å²) in [7, 11) is -4.55. The average Bonchev–Trinajstić information content (AvgIpc) is 2.53. The molecule has 0 radical (unpaired) electrons. The first-order chi connectivity index (χ1) is 11.5. The van der Waals surface area contributed by atoms with E-state index in [4.69, 9.17) is 0 Å². The van der Waals surface area contributed by atoms with Gasteiger partial charge in [0.2, 0.25) is 10.4 Å². The van der Waals surface area contributed by atoms with E-state index < -0.39 is 10.4 Å². The molecule has 0 bridgehead atoms. The Bertz CT molecular complexity index is 360. The summed E-state index contributed by atoms with van der Waals surface area (Å²) in [6, 6.07) is 0. The summed E-state index contributed by atoms with van der Waals surface area (Å²) >= 11 is 0. The average molecular weight is 403 g/mol. The number of rotatable bonds is 18. The predicted molar refractivity (Wildman–Crippen MR) is 99.7 cm³/mol. The van der Waals surface area contributed by atoms with Crippen LogP contribution >= 0.6 is 0 Å². The molecular weight excluding hydrogens is 363 g/mol. The molecule has 0 rings (SSSR count). The van der Waals surface area contributed by atoms with Crippen LogP contribution in [0.2, 0.25) is 0 Å². The third-order valence-electron chi connectivity index (χ3n) is 4.63. The van der Waals surface area contributed by atoms with Crippen LogP contribution in [0.4, 0.5) is 0 Å². The third kappa shape index (κ3) is 23.5. The van der Waals surface area contributed by atoms with Crippen molar-refractivity contribution in [3.8, 4) is 0 Å². The van der Waals surface area contributed by atoms with Crippen molar-refractivity contribution in [2.45, 2.75) is 110 Å². The molecule has 25 heavy (non-hydrogen) atoms. The fourth-order valence-corrected chi connectivity index (χ4v) is 3.45. The normalized spacial score (nSPS) is 12.8. The van der Waals surface area contributed by atoms with Gasteiger partial charge in [-0.15, -0.1) is 0 Å². The van der Waals surface area contributed by atoms with Crippen molar-refractivity contribution in [3.63, 3.8) is 0 Å². The van der Waals surface area contributed by atoms with Crippen molar-refractivity contribution in [2.75, 3.05) is 6.61 Å². The van der Waals surface area contributed by atoms with Crippen LogP contribution in [-0.4, -0.2) is 19.6 Å². The second-order valence-electron chi connectivity index (χ2n) is 7.03. The molecule has 0 aromatic rings. The molecule has 0 aromatic carbocycles. The molecule has 1 atom stereocenters. The minimum absolute atomic E-state index is 0. The van der Waals surface area contributed by atoms with Crippen LogP contribution in [0.1, 0.15) is 110 Å². The molecule has 6 heteroatoms. The van der Waals surface area contributed by atoms with Gasteiger partial charge in [0.05, 0.1) is 6.61 Å². The zero-order chi connectivity index (χ0) is 18.1.